The molecule has 2 aliphatic rings. The lowest BCUT2D eigenvalue weighted by Crippen LogP contribution is -2.46. The Kier molecular flexibility index (Phi) is 7.56. The molecule has 0 aliphatic carbocycles. The van der Waals surface area contributed by atoms with Crippen LogP contribution >= 0.6 is 0 Å². The van der Waals surface area contributed by atoms with Crippen molar-refractivity contribution in [2.24, 2.45) is 0 Å². The number of piperazine rings is 1. The molecular weight excluding hydrogens is 445 g/mol. The van der Waals surface area contributed by atoms with Gasteiger partial charge in [-0.1, -0.05) is 6.07 Å². The molecule has 0 saturated carbocycles. The summed E-state index contributed by atoms with van der Waals surface area (Å²) in [6.07, 6.45) is 0.968. The number of rotatable bonds is 8. The van der Waals surface area contributed by atoms with Crippen molar-refractivity contribution in [1.82, 2.24) is 4.90 Å². The van der Waals surface area contributed by atoms with Crippen molar-refractivity contribution < 1.29 is 27.4 Å². The van der Waals surface area contributed by atoms with E-state index in [0.29, 0.717) is 23.8 Å². The van der Waals surface area contributed by atoms with Crippen molar-refractivity contribution in [3.63, 3.8) is 0 Å². The van der Waals surface area contributed by atoms with Crippen molar-refractivity contribution in [2.75, 3.05) is 58.5 Å². The number of benzene rings is 2. The van der Waals surface area contributed by atoms with E-state index in [-0.39, 0.29) is 0 Å². The van der Waals surface area contributed by atoms with Gasteiger partial charge in [-0.05, 0) is 61.7 Å². The Morgan fingerprint density at radius 3 is 2.38 bits per heavy atom. The first-order valence-electron chi connectivity index (χ1n) is 11.6. The molecule has 2 aromatic rings. The minimum absolute atomic E-state index is 0.581. The summed E-state index contributed by atoms with van der Waals surface area (Å²) < 4.78 is 55.6. The Hall–Kier alpha value is -2.87. The van der Waals surface area contributed by atoms with Crippen LogP contribution in [0.15, 0.2) is 42.0 Å². The topological polar surface area (TPSA) is 34.2 Å². The first-order valence-corrected chi connectivity index (χ1v) is 11.6. The maximum atomic E-state index is 13.0. The zero-order valence-electron chi connectivity index (χ0n) is 19.7. The highest BCUT2D eigenvalue weighted by Crippen LogP contribution is 2.38. The normalized spacial score (nSPS) is 16.5. The zero-order valence-corrected chi connectivity index (χ0v) is 19.7. The third-order valence-corrected chi connectivity index (χ3v) is 6.42. The fourth-order valence-electron chi connectivity index (χ4n) is 4.49. The molecule has 0 unspecified atom stereocenters. The van der Waals surface area contributed by atoms with E-state index >= 15 is 0 Å². The third kappa shape index (κ3) is 5.78. The van der Waals surface area contributed by atoms with E-state index in [1.165, 1.54) is 17.7 Å². The molecule has 0 aromatic heterocycles. The van der Waals surface area contributed by atoms with Crippen molar-refractivity contribution in [2.45, 2.75) is 25.4 Å². The van der Waals surface area contributed by atoms with Crippen LogP contribution in [0.2, 0.25) is 0 Å². The van der Waals surface area contributed by atoms with Gasteiger partial charge in [0.2, 0.25) is 0 Å². The molecule has 34 heavy (non-hydrogen) atoms. The van der Waals surface area contributed by atoms with Gasteiger partial charge in [0.15, 0.2) is 11.5 Å². The van der Waals surface area contributed by atoms with Gasteiger partial charge in [0.05, 0.1) is 19.8 Å². The van der Waals surface area contributed by atoms with Gasteiger partial charge in [0.25, 0.3) is 0 Å². The molecule has 0 spiro atoms. The van der Waals surface area contributed by atoms with E-state index in [2.05, 4.69) is 11.0 Å². The second-order valence-electron chi connectivity index (χ2n) is 8.67. The molecule has 0 bridgehead atoms. The number of halogens is 3. The van der Waals surface area contributed by atoms with Crippen molar-refractivity contribution in [1.29, 1.82) is 0 Å². The summed E-state index contributed by atoms with van der Waals surface area (Å²) in [5.41, 5.74) is 2.32. The van der Waals surface area contributed by atoms with E-state index in [1.54, 1.807) is 20.3 Å². The average Bonchev–Trinajstić information content (AvgIpc) is 2.85. The first kappa shape index (κ1) is 24.3. The number of unbranched alkanes of at least 4 members (excludes halogenated alkanes) is 1. The molecule has 1 fully saturated rings. The highest BCUT2D eigenvalue weighted by atomic mass is 19.4. The van der Waals surface area contributed by atoms with Gasteiger partial charge >= 0.3 is 6.18 Å². The molecule has 184 valence electrons. The SMILES string of the molecule is COc1cc2c(cc1OC)OCC(CCCCN1CCN(c3cccc(C(F)(F)F)c3)CC1)=C2. The highest BCUT2D eigenvalue weighted by molar-refractivity contribution is 5.67. The highest BCUT2D eigenvalue weighted by Gasteiger charge is 2.31. The molecule has 5 nitrogen and oxygen atoms in total. The Morgan fingerprint density at radius 2 is 1.68 bits per heavy atom. The molecule has 4 rings (SSSR count). The molecule has 2 aromatic carbocycles. The molecule has 2 aliphatic heterocycles. The Labute approximate surface area is 198 Å². The van der Waals surface area contributed by atoms with Crippen LogP contribution in [-0.2, 0) is 6.18 Å². The van der Waals surface area contributed by atoms with Crippen LogP contribution in [0.4, 0.5) is 18.9 Å². The van der Waals surface area contributed by atoms with Crippen LogP contribution < -0.4 is 19.1 Å². The van der Waals surface area contributed by atoms with Gasteiger partial charge in [0.1, 0.15) is 12.4 Å². The number of hydrogen-bond donors (Lipinski definition) is 0. The predicted molar refractivity (Wildman–Crippen MR) is 127 cm³/mol. The zero-order chi connectivity index (χ0) is 24.1. The quantitative estimate of drug-likeness (QED) is 0.471. The van der Waals surface area contributed by atoms with Crippen LogP contribution in [-0.4, -0.2) is 58.5 Å². The number of methoxy groups -OCH3 is 2. The molecule has 0 radical (unpaired) electrons. The van der Waals surface area contributed by atoms with E-state index in [9.17, 15) is 13.2 Å². The third-order valence-electron chi connectivity index (χ3n) is 6.42. The molecular formula is C26H31F3N2O3. The van der Waals surface area contributed by atoms with Crippen molar-refractivity contribution in [3.8, 4) is 17.2 Å². The molecule has 2 heterocycles. The largest absolute Gasteiger partial charge is 0.493 e. The fourth-order valence-corrected chi connectivity index (χ4v) is 4.49. The molecule has 0 amide bonds. The lowest BCUT2D eigenvalue weighted by atomic mass is 10.0. The van der Waals surface area contributed by atoms with E-state index in [1.807, 2.05) is 17.0 Å². The van der Waals surface area contributed by atoms with Crippen molar-refractivity contribution in [3.05, 3.63) is 53.1 Å². The number of alkyl halides is 3. The average molecular weight is 477 g/mol. The Bertz CT molecular complexity index is 1010. The monoisotopic (exact) mass is 476 g/mol. The molecule has 1 saturated heterocycles. The molecule has 0 N–H and O–H groups in total. The van der Waals surface area contributed by atoms with E-state index < -0.39 is 11.7 Å². The predicted octanol–water partition coefficient (Wildman–Crippen LogP) is 5.49. The second kappa shape index (κ2) is 10.6. The number of hydrogen-bond acceptors (Lipinski definition) is 5. The lowest BCUT2D eigenvalue weighted by molar-refractivity contribution is -0.137. The van der Waals surface area contributed by atoms with Gasteiger partial charge in [-0.2, -0.15) is 13.2 Å². The molecule has 8 heteroatoms. The van der Waals surface area contributed by atoms with E-state index in [0.717, 1.165) is 69.4 Å². The van der Waals surface area contributed by atoms with Gasteiger partial charge in [-0.25, -0.2) is 0 Å². The fraction of sp³-hybridized carbons (Fsp3) is 0.462. The Morgan fingerprint density at radius 1 is 0.941 bits per heavy atom. The summed E-state index contributed by atoms with van der Waals surface area (Å²) in [5.74, 6) is 2.15. The lowest BCUT2D eigenvalue weighted by Gasteiger charge is -2.36. The summed E-state index contributed by atoms with van der Waals surface area (Å²) in [6.45, 7) is 4.77. The Balaban J connectivity index is 1.22. The van der Waals surface area contributed by atoms with Crippen LogP contribution in [0.3, 0.4) is 0 Å². The van der Waals surface area contributed by atoms with Crippen LogP contribution in [0.25, 0.3) is 6.08 Å². The second-order valence-corrected chi connectivity index (χ2v) is 8.67. The number of ether oxygens (including phenoxy) is 3. The van der Waals surface area contributed by atoms with Crippen LogP contribution in [0.1, 0.15) is 30.4 Å². The smallest absolute Gasteiger partial charge is 0.416 e. The maximum Gasteiger partial charge on any atom is 0.416 e. The minimum atomic E-state index is -4.31. The van der Waals surface area contributed by atoms with Gasteiger partial charge < -0.3 is 19.1 Å². The number of fused-ring (bicyclic) bond motifs is 1. The van der Waals surface area contributed by atoms with Gasteiger partial charge in [-0.3, -0.25) is 4.90 Å². The van der Waals surface area contributed by atoms with Gasteiger partial charge in [-0.15, -0.1) is 0 Å². The number of nitrogens with zero attached hydrogens (tertiary/aromatic N) is 2. The van der Waals surface area contributed by atoms with E-state index in [4.69, 9.17) is 14.2 Å². The summed E-state index contributed by atoms with van der Waals surface area (Å²) in [5, 5.41) is 0. The first-order chi connectivity index (χ1) is 16.4. The summed E-state index contributed by atoms with van der Waals surface area (Å²) >= 11 is 0. The molecule has 0 atom stereocenters. The summed E-state index contributed by atoms with van der Waals surface area (Å²) in [7, 11) is 3.23. The maximum absolute atomic E-state index is 13.0. The van der Waals surface area contributed by atoms with Crippen molar-refractivity contribution >= 4 is 11.8 Å². The summed E-state index contributed by atoms with van der Waals surface area (Å²) in [6, 6.07) is 9.42. The standard InChI is InChI=1S/C26H31F3N2O3/c1-32-24-15-20-14-19(18-34-23(20)17-25(24)33-2)6-3-4-9-30-10-12-31(13-11-30)22-8-5-7-21(16-22)26(27,28)29/h5,7-8,14-17H,3-4,6,9-13,18H2,1-2H3. The van der Waals surface area contributed by atoms with Crippen LogP contribution in [0.5, 0.6) is 17.2 Å². The minimum Gasteiger partial charge on any atom is -0.493 e. The summed E-state index contributed by atoms with van der Waals surface area (Å²) in [4.78, 5) is 4.43. The van der Waals surface area contributed by atoms with Gasteiger partial charge in [0, 0.05) is 43.5 Å². The van der Waals surface area contributed by atoms with Crippen LogP contribution in [0, 0.1) is 0 Å². The number of anilines is 1.